The van der Waals surface area contributed by atoms with Crippen molar-refractivity contribution in [3.8, 4) is 17.6 Å². The van der Waals surface area contributed by atoms with Crippen LogP contribution in [0.25, 0.3) is 6.08 Å². The lowest BCUT2D eigenvalue weighted by atomic mass is 10.1. The van der Waals surface area contributed by atoms with Crippen LogP contribution in [-0.4, -0.2) is 26.8 Å². The lowest BCUT2D eigenvalue weighted by Crippen LogP contribution is -2.07. The molecule has 0 saturated carbocycles. The summed E-state index contributed by atoms with van der Waals surface area (Å²) in [5, 5.41) is 9.14. The van der Waals surface area contributed by atoms with Gasteiger partial charge in [0, 0.05) is 4.47 Å². The van der Waals surface area contributed by atoms with E-state index in [0.717, 1.165) is 12.8 Å². The minimum Gasteiger partial charge on any atom is -0.493 e. The Morgan fingerprint density at radius 2 is 1.95 bits per heavy atom. The van der Waals surface area contributed by atoms with Crippen molar-refractivity contribution in [1.82, 2.24) is 0 Å². The van der Waals surface area contributed by atoms with E-state index in [-0.39, 0.29) is 5.57 Å². The van der Waals surface area contributed by atoms with Gasteiger partial charge in [-0.2, -0.15) is 5.26 Å². The standard InChI is InChI=1S/C16H18BrNO4/c1-4-5-6-22-16(19)12(10-18)7-11-8-14(20-2)15(21-3)9-13(11)17/h7-9H,4-6H2,1-3H3/b12-7+. The normalized spacial score (nSPS) is 10.8. The molecular formula is C16H18BrNO4. The molecule has 6 heteroatoms. The molecule has 0 saturated heterocycles. The maximum Gasteiger partial charge on any atom is 0.348 e. The topological polar surface area (TPSA) is 68.6 Å². The van der Waals surface area contributed by atoms with Gasteiger partial charge < -0.3 is 14.2 Å². The van der Waals surface area contributed by atoms with Crippen molar-refractivity contribution in [2.45, 2.75) is 19.8 Å². The minimum absolute atomic E-state index is 0.0657. The van der Waals surface area contributed by atoms with Crippen LogP contribution in [0, 0.1) is 11.3 Å². The van der Waals surface area contributed by atoms with Gasteiger partial charge in [-0.15, -0.1) is 0 Å². The highest BCUT2D eigenvalue weighted by Gasteiger charge is 2.14. The Morgan fingerprint density at radius 1 is 1.32 bits per heavy atom. The van der Waals surface area contributed by atoms with Crippen LogP contribution >= 0.6 is 15.9 Å². The molecule has 22 heavy (non-hydrogen) atoms. The molecule has 0 N–H and O–H groups in total. The summed E-state index contributed by atoms with van der Waals surface area (Å²) in [6.07, 6.45) is 3.14. The lowest BCUT2D eigenvalue weighted by Gasteiger charge is -2.10. The van der Waals surface area contributed by atoms with Crippen LogP contribution in [0.4, 0.5) is 0 Å². The second-order valence-corrected chi connectivity index (χ2v) is 5.24. The lowest BCUT2D eigenvalue weighted by molar-refractivity contribution is -0.138. The minimum atomic E-state index is -0.627. The third-order valence-electron chi connectivity index (χ3n) is 2.87. The zero-order valence-corrected chi connectivity index (χ0v) is 14.4. The Bertz CT molecular complexity index is 605. The molecule has 0 amide bonds. The molecule has 0 aromatic heterocycles. The first kappa shape index (κ1) is 18.1. The molecule has 0 aliphatic rings. The SMILES string of the molecule is CCCCOC(=O)/C(C#N)=C/c1cc(OC)c(OC)cc1Br. The zero-order chi connectivity index (χ0) is 16.5. The number of carbonyl (C=O) groups is 1. The molecule has 0 aliphatic heterocycles. The van der Waals surface area contributed by atoms with E-state index in [2.05, 4.69) is 15.9 Å². The van der Waals surface area contributed by atoms with Gasteiger partial charge in [-0.1, -0.05) is 29.3 Å². The number of hydrogen-bond donors (Lipinski definition) is 0. The first-order valence-electron chi connectivity index (χ1n) is 6.77. The molecule has 118 valence electrons. The van der Waals surface area contributed by atoms with E-state index in [0.29, 0.717) is 28.1 Å². The van der Waals surface area contributed by atoms with Gasteiger partial charge in [0.2, 0.25) is 0 Å². The van der Waals surface area contributed by atoms with Crippen LogP contribution in [0.15, 0.2) is 22.2 Å². The largest absolute Gasteiger partial charge is 0.493 e. The average molecular weight is 368 g/mol. The molecule has 0 atom stereocenters. The molecule has 0 heterocycles. The Kier molecular flexibility index (Phi) is 7.47. The average Bonchev–Trinajstić information content (AvgIpc) is 2.53. The smallest absolute Gasteiger partial charge is 0.348 e. The predicted octanol–water partition coefficient (Wildman–Crippen LogP) is 3.72. The van der Waals surface area contributed by atoms with Gasteiger partial charge in [0.05, 0.1) is 20.8 Å². The number of hydrogen-bond acceptors (Lipinski definition) is 5. The number of halogens is 1. The Labute approximate surface area is 138 Å². The van der Waals surface area contributed by atoms with Gasteiger partial charge >= 0.3 is 5.97 Å². The van der Waals surface area contributed by atoms with E-state index in [1.807, 2.05) is 13.0 Å². The number of nitriles is 1. The molecule has 0 bridgehead atoms. The molecule has 1 aromatic rings. The highest BCUT2D eigenvalue weighted by molar-refractivity contribution is 9.10. The zero-order valence-electron chi connectivity index (χ0n) is 12.8. The Balaban J connectivity index is 3.07. The van der Waals surface area contributed by atoms with Gasteiger partial charge in [-0.05, 0) is 30.2 Å². The van der Waals surface area contributed by atoms with Crippen LogP contribution in [0.5, 0.6) is 11.5 Å². The molecule has 0 unspecified atom stereocenters. The summed E-state index contributed by atoms with van der Waals surface area (Å²) in [6.45, 7) is 2.30. The highest BCUT2D eigenvalue weighted by atomic mass is 79.9. The number of rotatable bonds is 7. The Hall–Kier alpha value is -2.00. The van der Waals surface area contributed by atoms with Crippen LogP contribution in [0.2, 0.25) is 0 Å². The molecule has 5 nitrogen and oxygen atoms in total. The van der Waals surface area contributed by atoms with E-state index in [4.69, 9.17) is 19.5 Å². The van der Waals surface area contributed by atoms with Gasteiger partial charge in [-0.3, -0.25) is 0 Å². The van der Waals surface area contributed by atoms with E-state index in [1.165, 1.54) is 20.3 Å². The molecule has 0 radical (unpaired) electrons. The maximum atomic E-state index is 11.9. The number of methoxy groups -OCH3 is 2. The molecular weight excluding hydrogens is 350 g/mol. The summed E-state index contributed by atoms with van der Waals surface area (Å²) in [7, 11) is 3.05. The Morgan fingerprint density at radius 3 is 2.50 bits per heavy atom. The summed E-state index contributed by atoms with van der Waals surface area (Å²) >= 11 is 3.38. The number of esters is 1. The van der Waals surface area contributed by atoms with Crippen molar-refractivity contribution in [3.05, 3.63) is 27.7 Å². The molecule has 0 aliphatic carbocycles. The molecule has 0 fully saturated rings. The van der Waals surface area contributed by atoms with Crippen LogP contribution in [0.3, 0.4) is 0 Å². The van der Waals surface area contributed by atoms with Crippen LogP contribution in [0.1, 0.15) is 25.3 Å². The third kappa shape index (κ3) is 4.78. The van der Waals surface area contributed by atoms with E-state index in [9.17, 15) is 4.79 Å². The molecule has 1 rings (SSSR count). The summed E-state index contributed by atoms with van der Waals surface area (Å²) in [5.74, 6) is 0.432. The second kappa shape index (κ2) is 9.11. The van der Waals surface area contributed by atoms with Crippen molar-refractivity contribution < 1.29 is 19.0 Å². The maximum absolute atomic E-state index is 11.9. The summed E-state index contributed by atoms with van der Waals surface area (Å²) in [6, 6.07) is 5.25. The molecule has 1 aromatic carbocycles. The van der Waals surface area contributed by atoms with E-state index in [1.54, 1.807) is 12.1 Å². The van der Waals surface area contributed by atoms with Gasteiger partial charge in [0.15, 0.2) is 11.5 Å². The van der Waals surface area contributed by atoms with Crippen molar-refractivity contribution in [2.75, 3.05) is 20.8 Å². The summed E-state index contributed by atoms with van der Waals surface area (Å²) < 4.78 is 16.1. The number of unbranched alkanes of at least 4 members (excludes halogenated alkanes) is 1. The van der Waals surface area contributed by atoms with Crippen molar-refractivity contribution in [1.29, 1.82) is 5.26 Å². The van der Waals surface area contributed by atoms with Crippen molar-refractivity contribution in [3.63, 3.8) is 0 Å². The summed E-state index contributed by atoms with van der Waals surface area (Å²) in [5.41, 5.74) is 0.561. The van der Waals surface area contributed by atoms with Crippen molar-refractivity contribution in [2.24, 2.45) is 0 Å². The highest BCUT2D eigenvalue weighted by Crippen LogP contribution is 2.34. The third-order valence-corrected chi connectivity index (χ3v) is 3.56. The fourth-order valence-electron chi connectivity index (χ4n) is 1.66. The van der Waals surface area contributed by atoms with Crippen LogP contribution < -0.4 is 9.47 Å². The van der Waals surface area contributed by atoms with Gasteiger partial charge in [0.1, 0.15) is 11.6 Å². The summed E-state index contributed by atoms with van der Waals surface area (Å²) in [4.78, 5) is 11.9. The fourth-order valence-corrected chi connectivity index (χ4v) is 2.10. The number of benzene rings is 1. The van der Waals surface area contributed by atoms with Gasteiger partial charge in [0.25, 0.3) is 0 Å². The quantitative estimate of drug-likeness (QED) is 0.318. The number of nitrogens with zero attached hydrogens (tertiary/aromatic N) is 1. The monoisotopic (exact) mass is 367 g/mol. The number of carbonyl (C=O) groups excluding carboxylic acids is 1. The van der Waals surface area contributed by atoms with Crippen molar-refractivity contribution >= 4 is 28.0 Å². The number of ether oxygens (including phenoxy) is 3. The van der Waals surface area contributed by atoms with E-state index < -0.39 is 5.97 Å². The molecule has 0 spiro atoms. The van der Waals surface area contributed by atoms with E-state index >= 15 is 0 Å². The predicted molar refractivity (Wildman–Crippen MR) is 86.7 cm³/mol. The second-order valence-electron chi connectivity index (χ2n) is 4.39. The first-order valence-corrected chi connectivity index (χ1v) is 7.57. The fraction of sp³-hybridized carbons (Fsp3) is 0.375. The first-order chi connectivity index (χ1) is 10.6. The van der Waals surface area contributed by atoms with Crippen LogP contribution in [-0.2, 0) is 9.53 Å². The van der Waals surface area contributed by atoms with Gasteiger partial charge in [-0.25, -0.2) is 4.79 Å².